The second-order valence-corrected chi connectivity index (χ2v) is 8.19. The fourth-order valence-electron chi connectivity index (χ4n) is 4.94. The molecule has 2 aliphatic heterocycles. The molecule has 2 fully saturated rings. The van der Waals surface area contributed by atoms with Crippen molar-refractivity contribution in [1.82, 2.24) is 9.80 Å². The molecule has 0 bridgehead atoms. The maximum Gasteiger partial charge on any atom is 0.257 e. The molecule has 0 aliphatic carbocycles. The Labute approximate surface area is 155 Å². The highest BCUT2D eigenvalue weighted by molar-refractivity contribution is 5.95. The number of rotatable bonds is 2. The highest BCUT2D eigenvalue weighted by Gasteiger charge is 2.42. The number of nitrogens with zero attached hydrogens (tertiary/aromatic N) is 2. The summed E-state index contributed by atoms with van der Waals surface area (Å²) in [6.45, 7) is 5.82. The summed E-state index contributed by atoms with van der Waals surface area (Å²) in [6, 6.07) is 12.7. The molecule has 4 rings (SSSR count). The van der Waals surface area contributed by atoms with Crippen molar-refractivity contribution in [2.75, 3.05) is 33.2 Å². The lowest BCUT2D eigenvalue weighted by molar-refractivity contribution is 0.0224. The minimum Gasteiger partial charge on any atom is -0.469 e. The molecule has 1 spiro atoms. The van der Waals surface area contributed by atoms with Crippen LogP contribution in [-0.4, -0.2) is 48.9 Å². The highest BCUT2D eigenvalue weighted by atomic mass is 16.3. The Morgan fingerprint density at radius 3 is 2.54 bits per heavy atom. The summed E-state index contributed by atoms with van der Waals surface area (Å²) in [6.07, 6.45) is 5.01. The number of hydrogen-bond donors (Lipinski definition) is 0. The van der Waals surface area contributed by atoms with Crippen LogP contribution in [0.2, 0.25) is 0 Å². The van der Waals surface area contributed by atoms with E-state index in [2.05, 4.69) is 42.3 Å². The molecule has 0 N–H and O–H groups in total. The van der Waals surface area contributed by atoms with Gasteiger partial charge in [-0.15, -0.1) is 0 Å². The third-order valence-corrected chi connectivity index (χ3v) is 6.29. The normalized spacial score (nSPS) is 23.3. The molecule has 1 aromatic heterocycles. The molecule has 2 aromatic rings. The second-order valence-electron chi connectivity index (χ2n) is 8.19. The highest BCUT2D eigenvalue weighted by Crippen LogP contribution is 2.44. The zero-order valence-electron chi connectivity index (χ0n) is 15.8. The third kappa shape index (κ3) is 3.30. The van der Waals surface area contributed by atoms with Gasteiger partial charge in [0.25, 0.3) is 5.91 Å². The van der Waals surface area contributed by atoms with Crippen molar-refractivity contribution in [3.63, 3.8) is 0 Å². The van der Waals surface area contributed by atoms with E-state index in [1.165, 1.54) is 12.0 Å². The van der Waals surface area contributed by atoms with Crippen LogP contribution in [0, 0.1) is 12.3 Å². The molecule has 1 atom stereocenters. The van der Waals surface area contributed by atoms with Gasteiger partial charge in [-0.1, -0.05) is 30.3 Å². The van der Waals surface area contributed by atoms with E-state index in [1.54, 1.807) is 12.3 Å². The summed E-state index contributed by atoms with van der Waals surface area (Å²) in [5.74, 6) is 1.43. The molecule has 26 heavy (non-hydrogen) atoms. The number of likely N-dealkylation sites (tertiary alicyclic amines) is 2. The van der Waals surface area contributed by atoms with Crippen LogP contribution in [0.1, 0.15) is 46.9 Å². The van der Waals surface area contributed by atoms with Crippen molar-refractivity contribution >= 4 is 5.91 Å². The van der Waals surface area contributed by atoms with E-state index in [1.807, 2.05) is 11.8 Å². The minimum absolute atomic E-state index is 0.120. The zero-order chi connectivity index (χ0) is 18.1. The molecule has 2 saturated heterocycles. The molecule has 4 heteroatoms. The van der Waals surface area contributed by atoms with Crippen molar-refractivity contribution in [2.45, 2.75) is 32.1 Å². The molecule has 1 amide bonds. The van der Waals surface area contributed by atoms with Gasteiger partial charge in [-0.2, -0.15) is 0 Å². The molecule has 1 aromatic carbocycles. The lowest BCUT2D eigenvalue weighted by Crippen LogP contribution is -2.51. The van der Waals surface area contributed by atoms with Gasteiger partial charge in [-0.05, 0) is 56.2 Å². The Morgan fingerprint density at radius 1 is 1.15 bits per heavy atom. The lowest BCUT2D eigenvalue weighted by atomic mass is 9.68. The molecular weight excluding hydrogens is 324 g/mol. The number of likely N-dealkylation sites (N-methyl/N-ethyl adjacent to an activating group) is 1. The van der Waals surface area contributed by atoms with Gasteiger partial charge in [0.1, 0.15) is 5.76 Å². The van der Waals surface area contributed by atoms with Crippen LogP contribution >= 0.6 is 0 Å². The van der Waals surface area contributed by atoms with E-state index in [-0.39, 0.29) is 5.91 Å². The first-order valence-electron chi connectivity index (χ1n) is 9.63. The Bertz CT molecular complexity index is 759. The maximum atomic E-state index is 12.8. The summed E-state index contributed by atoms with van der Waals surface area (Å²) in [5, 5.41) is 0. The third-order valence-electron chi connectivity index (χ3n) is 6.29. The molecule has 0 saturated carbocycles. The Kier molecular flexibility index (Phi) is 4.62. The Balaban J connectivity index is 1.45. The number of piperidine rings is 2. The van der Waals surface area contributed by atoms with Gasteiger partial charge in [0.05, 0.1) is 11.8 Å². The van der Waals surface area contributed by atoms with E-state index < -0.39 is 0 Å². The topological polar surface area (TPSA) is 36.7 Å². The van der Waals surface area contributed by atoms with Crippen molar-refractivity contribution in [3.8, 4) is 0 Å². The molecule has 0 unspecified atom stereocenters. The molecule has 0 radical (unpaired) electrons. The van der Waals surface area contributed by atoms with Crippen LogP contribution in [0.25, 0.3) is 0 Å². The van der Waals surface area contributed by atoms with Crippen molar-refractivity contribution in [2.24, 2.45) is 5.41 Å². The van der Waals surface area contributed by atoms with E-state index in [4.69, 9.17) is 4.42 Å². The first kappa shape index (κ1) is 17.3. The summed E-state index contributed by atoms with van der Waals surface area (Å²) in [4.78, 5) is 17.3. The average molecular weight is 352 g/mol. The van der Waals surface area contributed by atoms with Crippen LogP contribution in [0.4, 0.5) is 0 Å². The van der Waals surface area contributed by atoms with Gasteiger partial charge < -0.3 is 14.2 Å². The monoisotopic (exact) mass is 352 g/mol. The van der Waals surface area contributed by atoms with Gasteiger partial charge >= 0.3 is 0 Å². The second kappa shape index (κ2) is 6.92. The van der Waals surface area contributed by atoms with E-state index >= 15 is 0 Å². The fraction of sp³-hybridized carbons (Fsp3) is 0.500. The van der Waals surface area contributed by atoms with Crippen LogP contribution in [0.3, 0.4) is 0 Å². The predicted molar refractivity (Wildman–Crippen MR) is 102 cm³/mol. The number of carbonyl (C=O) groups excluding carboxylic acids is 1. The smallest absolute Gasteiger partial charge is 0.257 e. The predicted octanol–water partition coefficient (Wildman–Crippen LogP) is 3.93. The number of benzene rings is 1. The quantitative estimate of drug-likeness (QED) is 0.822. The zero-order valence-corrected chi connectivity index (χ0v) is 15.8. The summed E-state index contributed by atoms with van der Waals surface area (Å²) in [5.41, 5.74) is 2.49. The maximum absolute atomic E-state index is 12.8. The van der Waals surface area contributed by atoms with Crippen LogP contribution in [0.15, 0.2) is 47.1 Å². The Hall–Kier alpha value is -2.07. The van der Waals surface area contributed by atoms with E-state index in [0.29, 0.717) is 16.9 Å². The summed E-state index contributed by atoms with van der Waals surface area (Å²) >= 11 is 0. The molecule has 4 nitrogen and oxygen atoms in total. The molecule has 2 aliphatic rings. The van der Waals surface area contributed by atoms with Crippen LogP contribution in [-0.2, 0) is 0 Å². The average Bonchev–Trinajstić information content (AvgIpc) is 3.08. The van der Waals surface area contributed by atoms with Gasteiger partial charge in [-0.3, -0.25) is 4.79 Å². The fourth-order valence-corrected chi connectivity index (χ4v) is 4.94. The SMILES string of the molecule is Cc1occc1C(=O)N1CCC2(CC1)C[C@H](c1ccccc1)CN(C)C2. The minimum atomic E-state index is 0.120. The van der Waals surface area contributed by atoms with Crippen molar-refractivity contribution < 1.29 is 9.21 Å². The van der Waals surface area contributed by atoms with Gasteiger partial charge in [0.2, 0.25) is 0 Å². The van der Waals surface area contributed by atoms with E-state index in [9.17, 15) is 4.79 Å². The van der Waals surface area contributed by atoms with Crippen LogP contribution < -0.4 is 0 Å². The number of hydrogen-bond acceptors (Lipinski definition) is 3. The van der Waals surface area contributed by atoms with Crippen molar-refractivity contribution in [3.05, 3.63) is 59.5 Å². The van der Waals surface area contributed by atoms with E-state index in [0.717, 1.165) is 44.8 Å². The number of carbonyl (C=O) groups is 1. The largest absolute Gasteiger partial charge is 0.469 e. The van der Waals surface area contributed by atoms with Crippen molar-refractivity contribution in [1.29, 1.82) is 0 Å². The summed E-state index contributed by atoms with van der Waals surface area (Å²) < 4.78 is 5.31. The Morgan fingerprint density at radius 2 is 1.88 bits per heavy atom. The first-order chi connectivity index (χ1) is 12.6. The molecule has 3 heterocycles. The molecule has 138 valence electrons. The van der Waals surface area contributed by atoms with Gasteiger partial charge in [-0.25, -0.2) is 0 Å². The number of furan rings is 1. The number of amides is 1. The lowest BCUT2D eigenvalue weighted by Gasteiger charge is -2.49. The molecular formula is C22H28N2O2. The van der Waals surface area contributed by atoms with Gasteiger partial charge in [0, 0.05) is 26.2 Å². The summed E-state index contributed by atoms with van der Waals surface area (Å²) in [7, 11) is 2.24. The first-order valence-corrected chi connectivity index (χ1v) is 9.63. The standard InChI is InChI=1S/C22H28N2O2/c1-17-20(8-13-26-17)21(25)24-11-9-22(10-12-24)14-19(15-23(2)16-22)18-6-4-3-5-7-18/h3-8,13,19H,9-12,14-16H2,1-2H3/t19-/m0/s1. The number of aryl methyl sites for hydroxylation is 1. The van der Waals surface area contributed by atoms with Crippen LogP contribution in [0.5, 0.6) is 0 Å². The van der Waals surface area contributed by atoms with Gasteiger partial charge in [0.15, 0.2) is 0 Å².